The Bertz CT molecular complexity index is 1050. The van der Waals surface area contributed by atoms with Crippen molar-refractivity contribution in [2.75, 3.05) is 0 Å². The lowest BCUT2D eigenvalue weighted by Crippen LogP contribution is -2.58. The standard InChI is InChI=1S/C24H26O6/c1-4-5-15-6-11-19-18(12-15)13(2)23(30-19)16-7-9-17(10-8-16)29-24-22(27)21(26)20(25)14(3)28-24/h4-12,14,20-22,24-27H,1-3H3/b5-4+/t14-,20-,21+,22+,24+/m1/s1. The van der Waals surface area contributed by atoms with Crippen molar-refractivity contribution in [2.24, 2.45) is 0 Å². The van der Waals surface area contributed by atoms with Crippen LogP contribution in [0, 0.1) is 6.92 Å². The number of fused-ring (bicyclic) bond motifs is 1. The van der Waals surface area contributed by atoms with E-state index in [1.807, 2.05) is 44.2 Å². The van der Waals surface area contributed by atoms with E-state index >= 15 is 0 Å². The first-order chi connectivity index (χ1) is 14.4. The molecule has 1 fully saturated rings. The number of hydrogen-bond donors (Lipinski definition) is 3. The predicted molar refractivity (Wildman–Crippen MR) is 114 cm³/mol. The summed E-state index contributed by atoms with van der Waals surface area (Å²) in [4.78, 5) is 0. The molecule has 4 rings (SSSR count). The molecule has 0 saturated carbocycles. The number of furan rings is 1. The van der Waals surface area contributed by atoms with Gasteiger partial charge in [-0.15, -0.1) is 0 Å². The van der Waals surface area contributed by atoms with Gasteiger partial charge in [0.25, 0.3) is 0 Å². The van der Waals surface area contributed by atoms with Crippen molar-refractivity contribution in [1.29, 1.82) is 0 Å². The predicted octanol–water partition coefficient (Wildman–Crippen LogP) is 3.65. The van der Waals surface area contributed by atoms with Gasteiger partial charge in [0.15, 0.2) is 0 Å². The molecule has 3 aromatic rings. The highest BCUT2D eigenvalue weighted by atomic mass is 16.7. The largest absolute Gasteiger partial charge is 0.462 e. The molecule has 30 heavy (non-hydrogen) atoms. The molecule has 1 aliphatic heterocycles. The molecular formula is C24H26O6. The van der Waals surface area contributed by atoms with Crippen molar-refractivity contribution >= 4 is 17.0 Å². The van der Waals surface area contributed by atoms with Crippen LogP contribution in [0.15, 0.2) is 53.0 Å². The van der Waals surface area contributed by atoms with Crippen LogP contribution < -0.4 is 4.74 Å². The third-order valence-electron chi connectivity index (χ3n) is 5.50. The van der Waals surface area contributed by atoms with Crippen molar-refractivity contribution in [3.8, 4) is 17.1 Å². The van der Waals surface area contributed by atoms with Gasteiger partial charge in [0.2, 0.25) is 6.29 Å². The Labute approximate surface area is 175 Å². The van der Waals surface area contributed by atoms with Gasteiger partial charge in [0.1, 0.15) is 35.4 Å². The summed E-state index contributed by atoms with van der Waals surface area (Å²) in [5.41, 5.74) is 3.91. The quantitative estimate of drug-likeness (QED) is 0.608. The fraction of sp³-hybridized carbons (Fsp3) is 0.333. The average molecular weight is 410 g/mol. The lowest BCUT2D eigenvalue weighted by molar-refractivity contribution is -0.268. The fourth-order valence-electron chi connectivity index (χ4n) is 3.74. The smallest absolute Gasteiger partial charge is 0.229 e. The molecule has 1 aromatic heterocycles. The topological polar surface area (TPSA) is 92.3 Å². The molecule has 0 radical (unpaired) electrons. The number of rotatable bonds is 4. The summed E-state index contributed by atoms with van der Waals surface area (Å²) in [6, 6.07) is 13.4. The number of ether oxygens (including phenoxy) is 2. The van der Waals surface area contributed by atoms with Crippen molar-refractivity contribution < 1.29 is 29.2 Å². The van der Waals surface area contributed by atoms with E-state index < -0.39 is 30.7 Å². The Morgan fingerprint density at radius 3 is 2.40 bits per heavy atom. The Morgan fingerprint density at radius 2 is 1.70 bits per heavy atom. The zero-order valence-corrected chi connectivity index (χ0v) is 17.1. The highest BCUT2D eigenvalue weighted by Gasteiger charge is 2.43. The maximum atomic E-state index is 10.1. The van der Waals surface area contributed by atoms with E-state index in [2.05, 4.69) is 12.1 Å². The van der Waals surface area contributed by atoms with Crippen molar-refractivity contribution in [2.45, 2.75) is 51.5 Å². The Balaban J connectivity index is 1.56. The van der Waals surface area contributed by atoms with Gasteiger partial charge in [-0.05, 0) is 62.7 Å². The molecule has 6 nitrogen and oxygen atoms in total. The van der Waals surface area contributed by atoms with E-state index in [0.29, 0.717) is 5.75 Å². The molecule has 3 N–H and O–H groups in total. The van der Waals surface area contributed by atoms with Crippen LogP contribution >= 0.6 is 0 Å². The van der Waals surface area contributed by atoms with Crippen molar-refractivity contribution in [1.82, 2.24) is 0 Å². The Hall–Kier alpha value is -2.64. The van der Waals surface area contributed by atoms with Crippen LogP contribution in [0.1, 0.15) is 25.0 Å². The maximum absolute atomic E-state index is 10.1. The zero-order chi connectivity index (χ0) is 21.4. The molecule has 1 aliphatic rings. The minimum Gasteiger partial charge on any atom is -0.462 e. The molecule has 0 aliphatic carbocycles. The Morgan fingerprint density at radius 1 is 0.967 bits per heavy atom. The highest BCUT2D eigenvalue weighted by molar-refractivity contribution is 5.89. The minimum absolute atomic E-state index is 0.475. The highest BCUT2D eigenvalue weighted by Crippen LogP contribution is 2.35. The van der Waals surface area contributed by atoms with E-state index in [4.69, 9.17) is 13.9 Å². The number of aryl methyl sites for hydroxylation is 1. The van der Waals surface area contributed by atoms with Crippen LogP contribution in [0.4, 0.5) is 0 Å². The SMILES string of the molecule is C/C=C/c1ccc2oc(-c3ccc(O[C@@H]4O[C@H](C)[C@@H](O)[C@H](O)[C@@H]4O)cc3)c(C)c2c1. The summed E-state index contributed by atoms with van der Waals surface area (Å²) in [6.07, 6.45) is -1.50. The van der Waals surface area contributed by atoms with E-state index in [0.717, 1.165) is 33.4 Å². The van der Waals surface area contributed by atoms with E-state index in [1.165, 1.54) is 0 Å². The summed E-state index contributed by atoms with van der Waals surface area (Å²) < 4.78 is 17.3. The lowest BCUT2D eigenvalue weighted by atomic mass is 10.00. The van der Waals surface area contributed by atoms with Crippen LogP contribution in [0.5, 0.6) is 5.75 Å². The fourth-order valence-corrected chi connectivity index (χ4v) is 3.74. The monoisotopic (exact) mass is 410 g/mol. The van der Waals surface area contributed by atoms with Crippen LogP contribution in [0.2, 0.25) is 0 Å². The van der Waals surface area contributed by atoms with E-state index in [1.54, 1.807) is 19.1 Å². The van der Waals surface area contributed by atoms with Gasteiger partial charge in [-0.1, -0.05) is 18.2 Å². The van der Waals surface area contributed by atoms with Crippen molar-refractivity contribution in [3.05, 3.63) is 59.7 Å². The zero-order valence-electron chi connectivity index (χ0n) is 17.1. The number of aliphatic hydroxyl groups is 3. The van der Waals surface area contributed by atoms with Gasteiger partial charge < -0.3 is 29.2 Å². The third kappa shape index (κ3) is 3.75. The van der Waals surface area contributed by atoms with Crippen molar-refractivity contribution in [3.63, 3.8) is 0 Å². The van der Waals surface area contributed by atoms with Crippen LogP contribution in [-0.2, 0) is 4.74 Å². The summed E-state index contributed by atoms with van der Waals surface area (Å²) in [5.74, 6) is 1.26. The van der Waals surface area contributed by atoms with Crippen LogP contribution in [-0.4, -0.2) is 46.0 Å². The summed E-state index contributed by atoms with van der Waals surface area (Å²) in [5, 5.41) is 30.9. The van der Waals surface area contributed by atoms with Crippen LogP contribution in [0.3, 0.4) is 0 Å². The van der Waals surface area contributed by atoms with Gasteiger partial charge in [0.05, 0.1) is 6.10 Å². The normalized spacial score (nSPS) is 27.1. The number of benzene rings is 2. The molecule has 0 amide bonds. The maximum Gasteiger partial charge on any atom is 0.229 e. The average Bonchev–Trinajstić information content (AvgIpc) is 3.07. The first-order valence-corrected chi connectivity index (χ1v) is 10.0. The Kier molecular flexibility index (Phi) is 5.66. The van der Waals surface area contributed by atoms with Gasteiger partial charge >= 0.3 is 0 Å². The number of aliphatic hydroxyl groups excluding tert-OH is 3. The number of allylic oxidation sites excluding steroid dienone is 1. The van der Waals surface area contributed by atoms with Gasteiger partial charge in [-0.3, -0.25) is 0 Å². The second kappa shape index (κ2) is 8.24. The van der Waals surface area contributed by atoms with Gasteiger partial charge in [-0.25, -0.2) is 0 Å². The van der Waals surface area contributed by atoms with Gasteiger partial charge in [0, 0.05) is 16.5 Å². The summed E-state index contributed by atoms with van der Waals surface area (Å²) in [7, 11) is 0. The first kappa shape index (κ1) is 20.6. The molecule has 1 saturated heterocycles. The van der Waals surface area contributed by atoms with Gasteiger partial charge in [-0.2, -0.15) is 0 Å². The molecular weight excluding hydrogens is 384 g/mol. The second-order valence-electron chi connectivity index (χ2n) is 7.64. The first-order valence-electron chi connectivity index (χ1n) is 10.0. The molecule has 158 valence electrons. The third-order valence-corrected chi connectivity index (χ3v) is 5.50. The van der Waals surface area contributed by atoms with E-state index in [9.17, 15) is 15.3 Å². The van der Waals surface area contributed by atoms with Crippen LogP contribution in [0.25, 0.3) is 28.4 Å². The summed E-state index contributed by atoms with van der Waals surface area (Å²) in [6.45, 7) is 5.64. The summed E-state index contributed by atoms with van der Waals surface area (Å²) >= 11 is 0. The molecule has 0 unspecified atom stereocenters. The second-order valence-corrected chi connectivity index (χ2v) is 7.64. The molecule has 0 spiro atoms. The molecule has 2 heterocycles. The molecule has 6 heteroatoms. The molecule has 5 atom stereocenters. The molecule has 2 aromatic carbocycles. The lowest BCUT2D eigenvalue weighted by Gasteiger charge is -2.38. The minimum atomic E-state index is -1.35. The van der Waals surface area contributed by atoms with E-state index in [-0.39, 0.29) is 0 Å². The molecule has 0 bridgehead atoms. The number of hydrogen-bond acceptors (Lipinski definition) is 6.